The van der Waals surface area contributed by atoms with Crippen LogP contribution in [-0.4, -0.2) is 62.2 Å². The monoisotopic (exact) mass is 333 g/mol. The Hall–Kier alpha value is -1.26. The van der Waals surface area contributed by atoms with Crippen LogP contribution >= 0.6 is 0 Å². The minimum atomic E-state index is 0.791. The summed E-state index contributed by atoms with van der Waals surface area (Å²) in [4.78, 5) is 5.00. The van der Waals surface area contributed by atoms with Crippen LogP contribution in [0.4, 0.5) is 5.69 Å². The number of rotatable bonds is 12. The number of benzene rings is 1. The molecule has 1 aromatic rings. The van der Waals surface area contributed by atoms with Crippen molar-refractivity contribution in [2.75, 3.05) is 57.7 Å². The normalized spacial score (nSPS) is 15.1. The molecule has 0 atom stereocenters. The van der Waals surface area contributed by atoms with Crippen molar-refractivity contribution in [3.05, 3.63) is 24.3 Å². The van der Waals surface area contributed by atoms with Gasteiger partial charge < -0.3 is 19.9 Å². The van der Waals surface area contributed by atoms with Gasteiger partial charge in [0, 0.05) is 18.8 Å². The zero-order chi connectivity index (χ0) is 17.0. The highest BCUT2D eigenvalue weighted by atomic mass is 16.5. The Labute approximate surface area is 148 Å². The molecule has 1 aliphatic heterocycles. The van der Waals surface area contributed by atoms with E-state index < -0.39 is 0 Å². The van der Waals surface area contributed by atoms with Crippen molar-refractivity contribution in [1.82, 2.24) is 9.80 Å². The first kappa shape index (κ1) is 19.1. The van der Waals surface area contributed by atoms with Crippen LogP contribution in [0.25, 0.3) is 0 Å². The van der Waals surface area contributed by atoms with Crippen LogP contribution in [0, 0.1) is 0 Å². The van der Waals surface area contributed by atoms with Crippen molar-refractivity contribution in [3.63, 3.8) is 0 Å². The Bertz CT molecular complexity index is 396. The third kappa shape index (κ3) is 7.10. The third-order valence-corrected chi connectivity index (χ3v) is 4.82. The Kier molecular flexibility index (Phi) is 9.00. The van der Waals surface area contributed by atoms with Crippen LogP contribution < -0.4 is 10.1 Å². The molecule has 0 aliphatic carbocycles. The second kappa shape index (κ2) is 11.3. The van der Waals surface area contributed by atoms with E-state index in [4.69, 9.17) is 4.74 Å². The van der Waals surface area contributed by atoms with Crippen LogP contribution in [-0.2, 0) is 0 Å². The summed E-state index contributed by atoms with van der Waals surface area (Å²) in [6.45, 7) is 13.4. The second-order valence-electron chi connectivity index (χ2n) is 6.58. The predicted molar refractivity (Wildman–Crippen MR) is 103 cm³/mol. The molecule has 1 fully saturated rings. The number of likely N-dealkylation sites (tertiary alicyclic amines) is 1. The quantitative estimate of drug-likeness (QED) is 0.590. The van der Waals surface area contributed by atoms with E-state index in [1.807, 2.05) is 0 Å². The predicted octanol–water partition coefficient (Wildman–Crippen LogP) is 3.70. The molecule has 136 valence electrons. The number of anilines is 1. The van der Waals surface area contributed by atoms with E-state index in [-0.39, 0.29) is 0 Å². The summed E-state index contributed by atoms with van der Waals surface area (Å²) in [5.41, 5.74) is 1.19. The highest BCUT2D eigenvalue weighted by molar-refractivity contribution is 5.46. The zero-order valence-electron chi connectivity index (χ0n) is 15.6. The molecule has 2 rings (SSSR count). The highest BCUT2D eigenvalue weighted by Gasteiger charge is 2.09. The van der Waals surface area contributed by atoms with Crippen molar-refractivity contribution in [1.29, 1.82) is 0 Å². The molecule has 0 aromatic heterocycles. The molecule has 4 nitrogen and oxygen atoms in total. The fourth-order valence-corrected chi connectivity index (χ4v) is 3.23. The minimum absolute atomic E-state index is 0.791. The fourth-order valence-electron chi connectivity index (χ4n) is 3.23. The summed E-state index contributed by atoms with van der Waals surface area (Å²) in [7, 11) is 0. The maximum absolute atomic E-state index is 5.83. The van der Waals surface area contributed by atoms with E-state index in [9.17, 15) is 0 Å². The standard InChI is InChI=1S/C20H35N3O/c1-3-22(4-2)17-8-18-24-20-11-9-19(10-12-20)21-13-7-16-23-14-5-6-15-23/h9-12,21H,3-8,13-18H2,1-2H3. The molecule has 1 heterocycles. The lowest BCUT2D eigenvalue weighted by Gasteiger charge is -2.17. The summed E-state index contributed by atoms with van der Waals surface area (Å²) < 4.78 is 5.83. The van der Waals surface area contributed by atoms with E-state index in [1.54, 1.807) is 0 Å². The van der Waals surface area contributed by atoms with E-state index in [1.165, 1.54) is 44.6 Å². The first-order chi connectivity index (χ1) is 11.8. The molecular weight excluding hydrogens is 298 g/mol. The molecule has 0 spiro atoms. The van der Waals surface area contributed by atoms with Crippen LogP contribution in [0.5, 0.6) is 5.75 Å². The lowest BCUT2D eigenvalue weighted by atomic mass is 10.3. The molecule has 0 unspecified atom stereocenters. The van der Waals surface area contributed by atoms with Crippen LogP contribution in [0.3, 0.4) is 0 Å². The largest absolute Gasteiger partial charge is 0.494 e. The maximum atomic E-state index is 5.83. The van der Waals surface area contributed by atoms with Crippen molar-refractivity contribution in [3.8, 4) is 5.75 Å². The van der Waals surface area contributed by atoms with Crippen molar-refractivity contribution >= 4 is 5.69 Å². The summed E-state index contributed by atoms with van der Waals surface area (Å²) >= 11 is 0. The van der Waals surface area contributed by atoms with Gasteiger partial charge in [-0.05, 0) is 82.7 Å². The third-order valence-electron chi connectivity index (χ3n) is 4.82. The van der Waals surface area contributed by atoms with Crippen LogP contribution in [0.1, 0.15) is 39.5 Å². The van der Waals surface area contributed by atoms with Crippen LogP contribution in [0.15, 0.2) is 24.3 Å². The molecule has 24 heavy (non-hydrogen) atoms. The number of hydrogen-bond acceptors (Lipinski definition) is 4. The average molecular weight is 334 g/mol. The van der Waals surface area contributed by atoms with Gasteiger partial charge in [0.1, 0.15) is 5.75 Å². The maximum Gasteiger partial charge on any atom is 0.119 e. The number of ether oxygens (including phenoxy) is 1. The van der Waals surface area contributed by atoms with E-state index in [0.717, 1.165) is 45.0 Å². The zero-order valence-corrected chi connectivity index (χ0v) is 15.6. The minimum Gasteiger partial charge on any atom is -0.494 e. The van der Waals surface area contributed by atoms with Gasteiger partial charge in [0.05, 0.1) is 6.61 Å². The molecule has 0 amide bonds. The Morgan fingerprint density at radius 2 is 1.75 bits per heavy atom. The summed E-state index contributed by atoms with van der Waals surface area (Å²) in [6, 6.07) is 8.38. The fraction of sp³-hybridized carbons (Fsp3) is 0.700. The molecule has 4 heteroatoms. The summed E-state index contributed by atoms with van der Waals surface area (Å²) in [6.07, 6.45) is 5.05. The number of hydrogen-bond donors (Lipinski definition) is 1. The van der Waals surface area contributed by atoms with Gasteiger partial charge in [-0.3, -0.25) is 0 Å². The molecule has 0 saturated carbocycles. The average Bonchev–Trinajstić information content (AvgIpc) is 3.13. The SMILES string of the molecule is CCN(CC)CCCOc1ccc(NCCCN2CCCC2)cc1. The van der Waals surface area contributed by atoms with Gasteiger partial charge in [-0.25, -0.2) is 0 Å². The van der Waals surface area contributed by atoms with Gasteiger partial charge in [0.2, 0.25) is 0 Å². The van der Waals surface area contributed by atoms with Crippen molar-refractivity contribution < 1.29 is 4.74 Å². The second-order valence-corrected chi connectivity index (χ2v) is 6.58. The van der Waals surface area contributed by atoms with Gasteiger partial charge in [-0.1, -0.05) is 13.8 Å². The summed E-state index contributed by atoms with van der Waals surface area (Å²) in [5, 5.41) is 3.50. The molecule has 0 bridgehead atoms. The first-order valence-corrected chi connectivity index (χ1v) is 9.73. The van der Waals surface area contributed by atoms with Crippen molar-refractivity contribution in [2.24, 2.45) is 0 Å². The van der Waals surface area contributed by atoms with Crippen molar-refractivity contribution in [2.45, 2.75) is 39.5 Å². The topological polar surface area (TPSA) is 27.7 Å². The van der Waals surface area contributed by atoms with Gasteiger partial charge in [0.15, 0.2) is 0 Å². The molecule has 0 radical (unpaired) electrons. The van der Waals surface area contributed by atoms with Gasteiger partial charge >= 0.3 is 0 Å². The van der Waals surface area contributed by atoms with E-state index >= 15 is 0 Å². The number of nitrogens with one attached hydrogen (secondary N) is 1. The van der Waals surface area contributed by atoms with Gasteiger partial charge in [-0.2, -0.15) is 0 Å². The van der Waals surface area contributed by atoms with E-state index in [0.29, 0.717) is 0 Å². The highest BCUT2D eigenvalue weighted by Crippen LogP contribution is 2.16. The Morgan fingerprint density at radius 1 is 1.04 bits per heavy atom. The molecule has 1 aromatic carbocycles. The smallest absolute Gasteiger partial charge is 0.119 e. The molecular formula is C20H35N3O. The van der Waals surface area contributed by atoms with E-state index in [2.05, 4.69) is 53.2 Å². The van der Waals surface area contributed by atoms with Gasteiger partial charge in [0.25, 0.3) is 0 Å². The first-order valence-electron chi connectivity index (χ1n) is 9.73. The molecule has 1 aliphatic rings. The van der Waals surface area contributed by atoms with Gasteiger partial charge in [-0.15, -0.1) is 0 Å². The Balaban J connectivity index is 1.56. The molecule has 1 saturated heterocycles. The lowest BCUT2D eigenvalue weighted by molar-refractivity contribution is 0.249. The van der Waals surface area contributed by atoms with Crippen LogP contribution in [0.2, 0.25) is 0 Å². The lowest BCUT2D eigenvalue weighted by Crippen LogP contribution is -2.25. The molecule has 1 N–H and O–H groups in total. The number of nitrogens with zero attached hydrogens (tertiary/aromatic N) is 2. The Morgan fingerprint density at radius 3 is 2.42 bits per heavy atom. The summed E-state index contributed by atoms with van der Waals surface area (Å²) in [5.74, 6) is 0.970.